The standard InChI is InChI=1S/C20H17ClN2O3/c21-17-9-8-13(12-16(17)18(24)22-10-4-1-5-11-22)23-19(25)14-6-2-3-7-15(14)20(23)26/h2-3,6-9,12H,1,4-5,10-11H2. The number of hydrogen-bond donors (Lipinski definition) is 0. The highest BCUT2D eigenvalue weighted by molar-refractivity contribution is 6.36. The van der Waals surface area contributed by atoms with Crippen molar-refractivity contribution in [2.45, 2.75) is 19.3 Å². The number of benzene rings is 2. The van der Waals surface area contributed by atoms with Crippen molar-refractivity contribution in [3.63, 3.8) is 0 Å². The Labute approximate surface area is 156 Å². The maximum Gasteiger partial charge on any atom is 0.266 e. The van der Waals surface area contributed by atoms with E-state index in [1.54, 1.807) is 47.4 Å². The summed E-state index contributed by atoms with van der Waals surface area (Å²) in [5.74, 6) is -0.929. The van der Waals surface area contributed by atoms with Gasteiger partial charge in [-0.15, -0.1) is 0 Å². The zero-order valence-electron chi connectivity index (χ0n) is 14.1. The first kappa shape index (κ1) is 16.8. The van der Waals surface area contributed by atoms with Crippen molar-refractivity contribution in [3.8, 4) is 0 Å². The first-order chi connectivity index (χ1) is 12.6. The molecular weight excluding hydrogens is 352 g/mol. The summed E-state index contributed by atoms with van der Waals surface area (Å²) in [6.07, 6.45) is 3.06. The Morgan fingerprint density at radius 3 is 2.12 bits per heavy atom. The van der Waals surface area contributed by atoms with Gasteiger partial charge in [0.25, 0.3) is 17.7 Å². The molecule has 2 aromatic rings. The summed E-state index contributed by atoms with van der Waals surface area (Å²) in [6, 6.07) is 11.4. The summed E-state index contributed by atoms with van der Waals surface area (Å²) < 4.78 is 0. The number of imide groups is 1. The van der Waals surface area contributed by atoms with Crippen LogP contribution in [0.4, 0.5) is 5.69 Å². The van der Waals surface area contributed by atoms with Gasteiger partial charge in [0.1, 0.15) is 0 Å². The fraction of sp³-hybridized carbons (Fsp3) is 0.250. The summed E-state index contributed by atoms with van der Waals surface area (Å²) in [7, 11) is 0. The van der Waals surface area contributed by atoms with E-state index >= 15 is 0 Å². The summed E-state index contributed by atoms with van der Waals surface area (Å²) in [4.78, 5) is 41.0. The van der Waals surface area contributed by atoms with Gasteiger partial charge in [0, 0.05) is 13.1 Å². The Morgan fingerprint density at radius 2 is 1.50 bits per heavy atom. The van der Waals surface area contributed by atoms with Crippen molar-refractivity contribution in [2.75, 3.05) is 18.0 Å². The van der Waals surface area contributed by atoms with Crippen LogP contribution in [0.15, 0.2) is 42.5 Å². The number of carbonyl (C=O) groups is 3. The molecule has 0 bridgehead atoms. The molecule has 132 valence electrons. The summed E-state index contributed by atoms with van der Waals surface area (Å²) in [5, 5.41) is 0.320. The van der Waals surface area contributed by atoms with Crippen LogP contribution in [0.3, 0.4) is 0 Å². The van der Waals surface area contributed by atoms with Gasteiger partial charge in [0.15, 0.2) is 0 Å². The number of fused-ring (bicyclic) bond motifs is 1. The maximum absolute atomic E-state index is 12.8. The van der Waals surface area contributed by atoms with Crippen LogP contribution >= 0.6 is 11.6 Å². The summed E-state index contributed by atoms with van der Waals surface area (Å²) in [6.45, 7) is 1.40. The summed E-state index contributed by atoms with van der Waals surface area (Å²) >= 11 is 6.24. The predicted molar refractivity (Wildman–Crippen MR) is 98.8 cm³/mol. The van der Waals surface area contributed by atoms with E-state index in [-0.39, 0.29) is 17.7 Å². The molecule has 2 aromatic carbocycles. The molecule has 26 heavy (non-hydrogen) atoms. The van der Waals surface area contributed by atoms with E-state index in [0.717, 1.165) is 24.2 Å². The number of piperidine rings is 1. The van der Waals surface area contributed by atoms with Crippen LogP contribution in [0.25, 0.3) is 0 Å². The molecular formula is C20H17ClN2O3. The monoisotopic (exact) mass is 368 g/mol. The second kappa shape index (κ2) is 6.57. The molecule has 0 N–H and O–H groups in total. The molecule has 0 aliphatic carbocycles. The molecule has 2 aliphatic rings. The molecule has 0 atom stereocenters. The minimum absolute atomic E-state index is 0.159. The molecule has 6 heteroatoms. The van der Waals surface area contributed by atoms with Crippen molar-refractivity contribution >= 4 is 35.0 Å². The number of carbonyl (C=O) groups excluding carboxylic acids is 3. The van der Waals surface area contributed by atoms with Crippen LogP contribution in [0.2, 0.25) is 5.02 Å². The molecule has 4 rings (SSSR count). The zero-order valence-corrected chi connectivity index (χ0v) is 14.8. The van der Waals surface area contributed by atoms with Crippen LogP contribution in [0.1, 0.15) is 50.3 Å². The molecule has 0 saturated carbocycles. The largest absolute Gasteiger partial charge is 0.339 e. The number of rotatable bonds is 2. The third-order valence-electron chi connectivity index (χ3n) is 4.88. The Balaban J connectivity index is 1.70. The molecule has 3 amide bonds. The number of nitrogens with zero attached hydrogens (tertiary/aromatic N) is 2. The van der Waals surface area contributed by atoms with E-state index in [1.807, 2.05) is 0 Å². The fourth-order valence-corrected chi connectivity index (χ4v) is 3.71. The average Bonchev–Trinajstić information content (AvgIpc) is 2.94. The van der Waals surface area contributed by atoms with Gasteiger partial charge in [-0.1, -0.05) is 23.7 Å². The Bertz CT molecular complexity index is 884. The van der Waals surface area contributed by atoms with Gasteiger partial charge in [-0.05, 0) is 49.6 Å². The molecule has 2 heterocycles. The van der Waals surface area contributed by atoms with Crippen molar-refractivity contribution in [1.29, 1.82) is 0 Å². The van der Waals surface area contributed by atoms with Gasteiger partial charge in [0.2, 0.25) is 0 Å². The van der Waals surface area contributed by atoms with E-state index in [9.17, 15) is 14.4 Å². The van der Waals surface area contributed by atoms with Crippen LogP contribution < -0.4 is 4.90 Å². The smallest absolute Gasteiger partial charge is 0.266 e. The van der Waals surface area contributed by atoms with Gasteiger partial charge in [-0.25, -0.2) is 4.90 Å². The van der Waals surface area contributed by atoms with E-state index in [0.29, 0.717) is 40.5 Å². The van der Waals surface area contributed by atoms with Crippen LogP contribution in [-0.2, 0) is 0 Å². The predicted octanol–water partition coefficient (Wildman–Crippen LogP) is 3.77. The number of anilines is 1. The van der Waals surface area contributed by atoms with Gasteiger partial charge < -0.3 is 4.90 Å². The summed E-state index contributed by atoms with van der Waals surface area (Å²) in [5.41, 5.74) is 1.43. The first-order valence-corrected chi connectivity index (χ1v) is 9.02. The van der Waals surface area contributed by atoms with E-state index in [1.165, 1.54) is 0 Å². The lowest BCUT2D eigenvalue weighted by Crippen LogP contribution is -2.36. The lowest BCUT2D eigenvalue weighted by Gasteiger charge is -2.27. The fourth-order valence-electron chi connectivity index (χ4n) is 3.51. The third-order valence-corrected chi connectivity index (χ3v) is 5.21. The van der Waals surface area contributed by atoms with E-state index in [4.69, 9.17) is 11.6 Å². The number of hydrogen-bond acceptors (Lipinski definition) is 3. The van der Waals surface area contributed by atoms with Gasteiger partial charge in [0.05, 0.1) is 27.4 Å². The highest BCUT2D eigenvalue weighted by Gasteiger charge is 2.36. The average molecular weight is 369 g/mol. The van der Waals surface area contributed by atoms with Gasteiger partial charge in [-0.3, -0.25) is 14.4 Å². The zero-order chi connectivity index (χ0) is 18.3. The molecule has 0 unspecified atom stereocenters. The Hall–Kier alpha value is -2.66. The third kappa shape index (κ3) is 2.69. The van der Waals surface area contributed by atoms with E-state index < -0.39 is 0 Å². The molecule has 1 fully saturated rings. The SMILES string of the molecule is O=C(c1cc(N2C(=O)c3ccccc3C2=O)ccc1Cl)N1CCCCC1. The lowest BCUT2D eigenvalue weighted by atomic mass is 10.1. The Kier molecular flexibility index (Phi) is 4.24. The van der Waals surface area contributed by atoms with Gasteiger partial charge in [-0.2, -0.15) is 0 Å². The number of amides is 3. The van der Waals surface area contributed by atoms with Crippen LogP contribution in [-0.4, -0.2) is 35.7 Å². The first-order valence-electron chi connectivity index (χ1n) is 8.64. The van der Waals surface area contributed by atoms with Crippen LogP contribution in [0, 0.1) is 0 Å². The molecule has 0 aromatic heterocycles. The molecule has 2 aliphatic heterocycles. The topological polar surface area (TPSA) is 57.7 Å². The van der Waals surface area contributed by atoms with Crippen molar-refractivity contribution < 1.29 is 14.4 Å². The highest BCUT2D eigenvalue weighted by Crippen LogP contribution is 2.31. The number of halogens is 1. The van der Waals surface area contributed by atoms with Gasteiger partial charge >= 0.3 is 0 Å². The number of likely N-dealkylation sites (tertiary alicyclic amines) is 1. The van der Waals surface area contributed by atoms with Crippen molar-refractivity contribution in [3.05, 3.63) is 64.2 Å². The van der Waals surface area contributed by atoms with E-state index in [2.05, 4.69) is 0 Å². The molecule has 5 nitrogen and oxygen atoms in total. The molecule has 1 saturated heterocycles. The van der Waals surface area contributed by atoms with Crippen molar-refractivity contribution in [2.24, 2.45) is 0 Å². The molecule has 0 radical (unpaired) electrons. The van der Waals surface area contributed by atoms with Crippen molar-refractivity contribution in [1.82, 2.24) is 4.90 Å². The second-order valence-electron chi connectivity index (χ2n) is 6.51. The quantitative estimate of drug-likeness (QED) is 0.758. The second-order valence-corrected chi connectivity index (χ2v) is 6.92. The van der Waals surface area contributed by atoms with Crippen LogP contribution in [0.5, 0.6) is 0 Å². The lowest BCUT2D eigenvalue weighted by molar-refractivity contribution is 0.0723. The maximum atomic E-state index is 12.8. The minimum Gasteiger partial charge on any atom is -0.339 e. The minimum atomic E-state index is -0.385. The highest BCUT2D eigenvalue weighted by atomic mass is 35.5. The normalized spacial score (nSPS) is 16.8. The Morgan fingerprint density at radius 1 is 0.885 bits per heavy atom. The molecule has 0 spiro atoms.